The lowest BCUT2D eigenvalue weighted by Crippen LogP contribution is -2.21. The van der Waals surface area contributed by atoms with Gasteiger partial charge in [0.1, 0.15) is 0 Å². The molecule has 1 N–H and O–H groups in total. The minimum atomic E-state index is 0.125. The van der Waals surface area contributed by atoms with Crippen molar-refractivity contribution in [3.05, 3.63) is 53.9 Å². The Morgan fingerprint density at radius 2 is 2.00 bits per heavy atom. The Bertz CT molecular complexity index is 686. The van der Waals surface area contributed by atoms with Crippen LogP contribution in [0.2, 0.25) is 0 Å². The normalized spacial score (nSPS) is 14.8. The molecule has 23 heavy (non-hydrogen) atoms. The van der Waals surface area contributed by atoms with E-state index in [0.29, 0.717) is 0 Å². The minimum Gasteiger partial charge on any atom is -0.493 e. The molecule has 2 aromatic rings. The van der Waals surface area contributed by atoms with E-state index in [1.165, 1.54) is 0 Å². The van der Waals surface area contributed by atoms with E-state index in [9.17, 15) is 0 Å². The maximum atomic E-state index is 5.44. The van der Waals surface area contributed by atoms with Gasteiger partial charge in [-0.25, -0.2) is 0 Å². The molecule has 1 aliphatic heterocycles. The number of amidine groups is 1. The molecule has 2 heterocycles. The molecule has 0 fully saturated rings. The lowest BCUT2D eigenvalue weighted by atomic mass is 9.91. The Morgan fingerprint density at radius 1 is 1.13 bits per heavy atom. The molecule has 1 unspecified atom stereocenters. The van der Waals surface area contributed by atoms with Gasteiger partial charge in [-0.1, -0.05) is 12.1 Å². The van der Waals surface area contributed by atoms with Crippen LogP contribution in [0.3, 0.4) is 0 Å². The first-order valence-electron chi connectivity index (χ1n) is 7.72. The van der Waals surface area contributed by atoms with Crippen LogP contribution in [0.15, 0.2) is 47.6 Å². The van der Waals surface area contributed by atoms with Crippen LogP contribution in [0, 0.1) is 0 Å². The monoisotopic (exact) mass is 311 g/mol. The number of hydrogen-bond donors (Lipinski definition) is 1. The van der Waals surface area contributed by atoms with Gasteiger partial charge in [0.05, 0.1) is 26.6 Å². The number of aliphatic imine (C=N–C) groups is 1. The fourth-order valence-electron chi connectivity index (χ4n) is 2.82. The number of aromatic nitrogens is 1. The summed E-state index contributed by atoms with van der Waals surface area (Å²) in [5.74, 6) is 2.62. The maximum absolute atomic E-state index is 5.44. The van der Waals surface area contributed by atoms with Gasteiger partial charge in [-0.15, -0.1) is 0 Å². The molecule has 1 atom stereocenters. The summed E-state index contributed by atoms with van der Waals surface area (Å²) in [6.07, 6.45) is 2.62. The zero-order valence-corrected chi connectivity index (χ0v) is 13.5. The Kier molecular flexibility index (Phi) is 4.76. The second-order valence-electron chi connectivity index (χ2n) is 5.38. The van der Waals surface area contributed by atoms with Crippen molar-refractivity contribution in [2.45, 2.75) is 12.3 Å². The molecule has 1 aliphatic rings. The van der Waals surface area contributed by atoms with Gasteiger partial charge < -0.3 is 14.8 Å². The van der Waals surface area contributed by atoms with E-state index in [2.05, 4.69) is 27.4 Å². The number of methoxy groups -OCH3 is 2. The van der Waals surface area contributed by atoms with Crippen molar-refractivity contribution in [2.75, 3.05) is 27.3 Å². The molecule has 1 aromatic carbocycles. The molecular weight excluding hydrogens is 290 g/mol. The quantitative estimate of drug-likeness (QED) is 0.891. The first-order valence-corrected chi connectivity index (χ1v) is 7.72. The van der Waals surface area contributed by atoms with E-state index in [-0.39, 0.29) is 5.92 Å². The van der Waals surface area contributed by atoms with E-state index < -0.39 is 0 Å². The van der Waals surface area contributed by atoms with Crippen molar-refractivity contribution in [1.29, 1.82) is 0 Å². The summed E-state index contributed by atoms with van der Waals surface area (Å²) in [5.41, 5.74) is 2.16. The number of ether oxygens (including phenoxy) is 2. The highest BCUT2D eigenvalue weighted by atomic mass is 16.5. The van der Waals surface area contributed by atoms with Crippen molar-refractivity contribution in [3.63, 3.8) is 0 Å². The molecule has 0 radical (unpaired) electrons. The number of benzene rings is 1. The van der Waals surface area contributed by atoms with Crippen LogP contribution in [0.4, 0.5) is 0 Å². The molecule has 0 saturated heterocycles. The molecule has 5 heteroatoms. The Labute approximate surface area is 136 Å². The van der Waals surface area contributed by atoms with Gasteiger partial charge in [0, 0.05) is 30.8 Å². The first-order chi connectivity index (χ1) is 11.3. The third kappa shape index (κ3) is 3.44. The molecular formula is C18H21N3O2. The molecule has 5 nitrogen and oxygen atoms in total. The smallest absolute Gasteiger partial charge is 0.161 e. The summed E-state index contributed by atoms with van der Waals surface area (Å²) in [6, 6.07) is 12.0. The van der Waals surface area contributed by atoms with Crippen molar-refractivity contribution in [1.82, 2.24) is 10.3 Å². The van der Waals surface area contributed by atoms with E-state index in [1.807, 2.05) is 30.5 Å². The third-order valence-corrected chi connectivity index (χ3v) is 4.00. The topological polar surface area (TPSA) is 55.7 Å². The SMILES string of the molecule is COc1ccc(C(CC2=NCCN2)c2ccccn2)cc1OC. The second kappa shape index (κ2) is 7.13. The molecule has 3 rings (SSSR count). The van der Waals surface area contributed by atoms with E-state index >= 15 is 0 Å². The van der Waals surface area contributed by atoms with Gasteiger partial charge in [0.25, 0.3) is 0 Å². The van der Waals surface area contributed by atoms with Crippen LogP contribution >= 0.6 is 0 Å². The van der Waals surface area contributed by atoms with E-state index in [4.69, 9.17) is 9.47 Å². The average Bonchev–Trinajstić information content (AvgIpc) is 3.13. The summed E-state index contributed by atoms with van der Waals surface area (Å²) in [6.45, 7) is 1.76. The molecule has 0 saturated carbocycles. The molecule has 0 spiro atoms. The second-order valence-corrected chi connectivity index (χ2v) is 5.38. The zero-order chi connectivity index (χ0) is 16.1. The van der Waals surface area contributed by atoms with Gasteiger partial charge in [0.2, 0.25) is 0 Å². The third-order valence-electron chi connectivity index (χ3n) is 4.00. The number of nitrogens with zero attached hydrogens (tertiary/aromatic N) is 2. The number of pyridine rings is 1. The molecule has 0 amide bonds. The molecule has 120 valence electrons. The van der Waals surface area contributed by atoms with Crippen molar-refractivity contribution in [3.8, 4) is 11.5 Å². The van der Waals surface area contributed by atoms with Crippen molar-refractivity contribution in [2.24, 2.45) is 4.99 Å². The summed E-state index contributed by atoms with van der Waals surface area (Å²) in [4.78, 5) is 9.07. The summed E-state index contributed by atoms with van der Waals surface area (Å²) >= 11 is 0. The fourth-order valence-corrected chi connectivity index (χ4v) is 2.82. The Balaban J connectivity index is 1.97. The predicted octanol–water partition coefficient (Wildman–Crippen LogP) is 2.62. The molecule has 0 aliphatic carbocycles. The van der Waals surface area contributed by atoms with E-state index in [1.54, 1.807) is 14.2 Å². The van der Waals surface area contributed by atoms with Gasteiger partial charge in [0.15, 0.2) is 11.5 Å². The van der Waals surface area contributed by atoms with Gasteiger partial charge in [-0.2, -0.15) is 0 Å². The van der Waals surface area contributed by atoms with Gasteiger partial charge in [-0.05, 0) is 29.8 Å². The summed E-state index contributed by atoms with van der Waals surface area (Å²) < 4.78 is 10.8. The summed E-state index contributed by atoms with van der Waals surface area (Å²) in [5, 5.41) is 3.34. The molecule has 0 bridgehead atoms. The lowest BCUT2D eigenvalue weighted by Gasteiger charge is -2.19. The predicted molar refractivity (Wildman–Crippen MR) is 90.5 cm³/mol. The Morgan fingerprint density at radius 3 is 2.65 bits per heavy atom. The Hall–Kier alpha value is -2.56. The summed E-state index contributed by atoms with van der Waals surface area (Å²) in [7, 11) is 3.30. The zero-order valence-electron chi connectivity index (χ0n) is 13.5. The highest BCUT2D eigenvalue weighted by Gasteiger charge is 2.21. The van der Waals surface area contributed by atoms with Crippen LogP contribution in [-0.2, 0) is 0 Å². The molecule has 1 aromatic heterocycles. The van der Waals surface area contributed by atoms with Crippen LogP contribution < -0.4 is 14.8 Å². The standard InChI is InChI=1S/C18H21N3O2/c1-22-16-7-6-13(11-17(16)23-2)14(12-18-20-9-10-21-18)15-5-3-4-8-19-15/h3-8,11,14H,9-10,12H2,1-2H3,(H,20,21). The van der Waals surface area contributed by atoms with Crippen LogP contribution in [-0.4, -0.2) is 38.1 Å². The highest BCUT2D eigenvalue weighted by molar-refractivity contribution is 5.84. The maximum Gasteiger partial charge on any atom is 0.161 e. The first kappa shape index (κ1) is 15.3. The lowest BCUT2D eigenvalue weighted by molar-refractivity contribution is 0.354. The number of rotatable bonds is 6. The number of hydrogen-bond acceptors (Lipinski definition) is 5. The van der Waals surface area contributed by atoms with Crippen LogP contribution in [0.1, 0.15) is 23.6 Å². The minimum absolute atomic E-state index is 0.125. The van der Waals surface area contributed by atoms with Gasteiger partial charge >= 0.3 is 0 Å². The van der Waals surface area contributed by atoms with E-state index in [0.717, 1.165) is 48.1 Å². The number of nitrogens with one attached hydrogen (secondary N) is 1. The van der Waals surface area contributed by atoms with Crippen molar-refractivity contribution < 1.29 is 9.47 Å². The van der Waals surface area contributed by atoms with Crippen LogP contribution in [0.25, 0.3) is 0 Å². The van der Waals surface area contributed by atoms with Crippen LogP contribution in [0.5, 0.6) is 11.5 Å². The van der Waals surface area contributed by atoms with Crippen molar-refractivity contribution >= 4 is 5.84 Å². The average molecular weight is 311 g/mol. The highest BCUT2D eigenvalue weighted by Crippen LogP contribution is 2.34. The van der Waals surface area contributed by atoms with Gasteiger partial charge in [-0.3, -0.25) is 9.98 Å². The largest absolute Gasteiger partial charge is 0.493 e. The fraction of sp³-hybridized carbons (Fsp3) is 0.333.